The Bertz CT molecular complexity index is 1180. The maximum absolute atomic E-state index is 13.1. The first-order chi connectivity index (χ1) is 14.8. The van der Waals surface area contributed by atoms with E-state index in [0.717, 1.165) is 16.4 Å². The maximum Gasteiger partial charge on any atom is 0.417 e. The van der Waals surface area contributed by atoms with Gasteiger partial charge in [0, 0.05) is 43.4 Å². The Hall–Kier alpha value is -2.70. The lowest BCUT2D eigenvalue weighted by atomic mass is 10.1. The predicted octanol–water partition coefficient (Wildman–Crippen LogP) is 3.72. The van der Waals surface area contributed by atoms with E-state index in [1.54, 1.807) is 0 Å². The van der Waals surface area contributed by atoms with Crippen LogP contribution in [-0.2, 0) is 16.2 Å². The standard InChI is InChI=1S/C19H17ClF3N3O5S/c1-12-14(3-2-4-17(12)26(28)29)18(27)24-7-9-25(10-8-24)32(30,31)13-5-6-16(20)15(11-13)19(21,22)23/h2-6,11H,7-10H2,1H3. The minimum absolute atomic E-state index is 0.0279. The van der Waals surface area contributed by atoms with E-state index in [1.807, 2.05) is 0 Å². The summed E-state index contributed by atoms with van der Waals surface area (Å²) in [6.07, 6.45) is -4.82. The average molecular weight is 492 g/mol. The molecule has 1 aliphatic rings. The fourth-order valence-corrected chi connectivity index (χ4v) is 5.06. The fraction of sp³-hybridized carbons (Fsp3) is 0.316. The van der Waals surface area contributed by atoms with Gasteiger partial charge < -0.3 is 4.90 Å². The van der Waals surface area contributed by atoms with E-state index in [2.05, 4.69) is 0 Å². The number of amides is 1. The van der Waals surface area contributed by atoms with Gasteiger partial charge in [0.1, 0.15) is 0 Å². The summed E-state index contributed by atoms with van der Waals surface area (Å²) >= 11 is 5.56. The van der Waals surface area contributed by atoms with Crippen molar-refractivity contribution in [1.29, 1.82) is 0 Å². The Labute approximate surface area is 186 Å². The molecule has 0 spiro atoms. The van der Waals surface area contributed by atoms with E-state index in [0.29, 0.717) is 6.07 Å². The van der Waals surface area contributed by atoms with Gasteiger partial charge in [-0.15, -0.1) is 0 Å². The van der Waals surface area contributed by atoms with Crippen molar-refractivity contribution in [2.45, 2.75) is 18.0 Å². The summed E-state index contributed by atoms with van der Waals surface area (Å²) < 4.78 is 65.9. The molecule has 0 unspecified atom stereocenters. The predicted molar refractivity (Wildman–Crippen MR) is 109 cm³/mol. The van der Waals surface area contributed by atoms with Gasteiger partial charge in [-0.1, -0.05) is 17.7 Å². The van der Waals surface area contributed by atoms with Crippen molar-refractivity contribution in [1.82, 2.24) is 9.21 Å². The highest BCUT2D eigenvalue weighted by Crippen LogP contribution is 2.36. The molecule has 13 heteroatoms. The summed E-state index contributed by atoms with van der Waals surface area (Å²) in [5, 5.41) is 10.5. The van der Waals surface area contributed by atoms with Gasteiger partial charge in [0.25, 0.3) is 11.6 Å². The Morgan fingerprint density at radius 3 is 2.31 bits per heavy atom. The molecular formula is C19H17ClF3N3O5S. The fourth-order valence-electron chi connectivity index (χ4n) is 3.39. The molecule has 1 aliphatic heterocycles. The first-order valence-corrected chi connectivity index (χ1v) is 11.1. The van der Waals surface area contributed by atoms with Crippen molar-refractivity contribution in [3.8, 4) is 0 Å². The molecule has 0 aliphatic carbocycles. The zero-order valence-electron chi connectivity index (χ0n) is 16.6. The van der Waals surface area contributed by atoms with E-state index in [-0.39, 0.29) is 43.0 Å². The maximum atomic E-state index is 13.1. The van der Waals surface area contributed by atoms with Crippen molar-refractivity contribution in [2.24, 2.45) is 0 Å². The normalized spacial score (nSPS) is 15.6. The Kier molecular flexibility index (Phi) is 6.50. The van der Waals surface area contributed by atoms with Crippen LogP contribution in [-0.4, -0.2) is 54.6 Å². The van der Waals surface area contributed by atoms with Gasteiger partial charge >= 0.3 is 6.18 Å². The molecule has 3 rings (SSSR count). The average Bonchev–Trinajstić information content (AvgIpc) is 2.72. The van der Waals surface area contributed by atoms with Crippen molar-refractivity contribution in [3.63, 3.8) is 0 Å². The highest BCUT2D eigenvalue weighted by Gasteiger charge is 2.36. The summed E-state index contributed by atoms with van der Waals surface area (Å²) in [6.45, 7) is 1.10. The molecule has 0 radical (unpaired) electrons. The molecule has 1 amide bonds. The van der Waals surface area contributed by atoms with Crippen LogP contribution in [0.2, 0.25) is 5.02 Å². The van der Waals surface area contributed by atoms with E-state index in [4.69, 9.17) is 11.6 Å². The number of hydrogen-bond acceptors (Lipinski definition) is 5. The van der Waals surface area contributed by atoms with Crippen LogP contribution < -0.4 is 0 Å². The number of benzene rings is 2. The third-order valence-electron chi connectivity index (χ3n) is 5.14. The van der Waals surface area contributed by atoms with Crippen LogP contribution >= 0.6 is 11.6 Å². The number of carbonyl (C=O) groups excluding carboxylic acids is 1. The number of nitro benzene ring substituents is 1. The third kappa shape index (κ3) is 4.57. The lowest BCUT2D eigenvalue weighted by molar-refractivity contribution is -0.385. The SMILES string of the molecule is Cc1c(C(=O)N2CCN(S(=O)(=O)c3ccc(Cl)c(C(F)(F)F)c3)CC2)cccc1[N+](=O)[O-]. The minimum Gasteiger partial charge on any atom is -0.336 e. The monoisotopic (exact) mass is 491 g/mol. The number of rotatable bonds is 4. The highest BCUT2D eigenvalue weighted by molar-refractivity contribution is 7.89. The van der Waals surface area contributed by atoms with E-state index in [9.17, 15) is 36.5 Å². The molecule has 0 saturated carbocycles. The second-order valence-corrected chi connectivity index (χ2v) is 9.39. The molecule has 0 bridgehead atoms. The molecule has 1 fully saturated rings. The van der Waals surface area contributed by atoms with Crippen LogP contribution in [0.15, 0.2) is 41.3 Å². The van der Waals surface area contributed by atoms with Crippen molar-refractivity contribution >= 4 is 33.2 Å². The number of halogens is 4. The summed E-state index contributed by atoms with van der Waals surface area (Å²) in [6, 6.07) is 6.47. The highest BCUT2D eigenvalue weighted by atomic mass is 35.5. The number of piperazine rings is 1. The van der Waals surface area contributed by atoms with Crippen LogP contribution in [0, 0.1) is 17.0 Å². The molecule has 32 heavy (non-hydrogen) atoms. The third-order valence-corrected chi connectivity index (χ3v) is 7.36. The molecule has 0 N–H and O–H groups in total. The van der Waals surface area contributed by atoms with Gasteiger partial charge in [-0.3, -0.25) is 14.9 Å². The number of nitro groups is 1. The van der Waals surface area contributed by atoms with Gasteiger partial charge in [0.05, 0.1) is 20.4 Å². The van der Waals surface area contributed by atoms with Crippen molar-refractivity contribution in [3.05, 3.63) is 68.2 Å². The Morgan fingerprint density at radius 1 is 1.12 bits per heavy atom. The zero-order chi connectivity index (χ0) is 23.8. The molecular weight excluding hydrogens is 475 g/mol. The Balaban J connectivity index is 1.78. The first-order valence-electron chi connectivity index (χ1n) is 9.24. The van der Waals surface area contributed by atoms with Gasteiger partial charge in [-0.2, -0.15) is 17.5 Å². The summed E-state index contributed by atoms with van der Waals surface area (Å²) in [4.78, 5) is 24.1. The summed E-state index contributed by atoms with van der Waals surface area (Å²) in [5.74, 6) is -0.492. The quantitative estimate of drug-likeness (QED) is 0.479. The molecule has 2 aromatic rings. The molecule has 8 nitrogen and oxygen atoms in total. The molecule has 2 aromatic carbocycles. The smallest absolute Gasteiger partial charge is 0.336 e. The number of hydrogen-bond donors (Lipinski definition) is 0. The van der Waals surface area contributed by atoms with Crippen molar-refractivity contribution in [2.75, 3.05) is 26.2 Å². The molecule has 0 atom stereocenters. The number of sulfonamides is 1. The Morgan fingerprint density at radius 2 is 1.75 bits per heavy atom. The van der Waals surface area contributed by atoms with Gasteiger partial charge in [0.2, 0.25) is 10.0 Å². The topological polar surface area (TPSA) is 101 Å². The van der Waals surface area contributed by atoms with Crippen molar-refractivity contribution < 1.29 is 31.3 Å². The minimum atomic E-state index is -4.82. The van der Waals surface area contributed by atoms with Gasteiger partial charge in [-0.25, -0.2) is 8.42 Å². The van der Waals surface area contributed by atoms with E-state index >= 15 is 0 Å². The lowest BCUT2D eigenvalue weighted by Gasteiger charge is -2.34. The lowest BCUT2D eigenvalue weighted by Crippen LogP contribution is -2.50. The molecule has 0 aromatic heterocycles. The van der Waals surface area contributed by atoms with Crippen LogP contribution in [0.25, 0.3) is 0 Å². The van der Waals surface area contributed by atoms with E-state index in [1.165, 1.54) is 30.0 Å². The first kappa shape index (κ1) is 24.0. The van der Waals surface area contributed by atoms with Crippen LogP contribution in [0.3, 0.4) is 0 Å². The second-order valence-electron chi connectivity index (χ2n) is 7.04. The number of nitrogens with zero attached hydrogens (tertiary/aromatic N) is 3. The number of carbonyl (C=O) groups is 1. The number of alkyl halides is 3. The summed E-state index contributed by atoms with van der Waals surface area (Å²) in [7, 11) is -4.25. The second kappa shape index (κ2) is 8.68. The van der Waals surface area contributed by atoms with Crippen LogP contribution in [0.5, 0.6) is 0 Å². The molecule has 1 saturated heterocycles. The van der Waals surface area contributed by atoms with Crippen LogP contribution in [0.4, 0.5) is 18.9 Å². The van der Waals surface area contributed by atoms with Gasteiger partial charge in [-0.05, 0) is 31.2 Å². The molecule has 1 heterocycles. The van der Waals surface area contributed by atoms with Gasteiger partial charge in [0.15, 0.2) is 0 Å². The van der Waals surface area contributed by atoms with Crippen LogP contribution in [0.1, 0.15) is 21.5 Å². The largest absolute Gasteiger partial charge is 0.417 e. The summed E-state index contributed by atoms with van der Waals surface area (Å²) in [5.41, 5.74) is -1.14. The zero-order valence-corrected chi connectivity index (χ0v) is 18.2. The van der Waals surface area contributed by atoms with E-state index < -0.39 is 42.5 Å². The molecule has 172 valence electrons.